The summed E-state index contributed by atoms with van der Waals surface area (Å²) in [6.07, 6.45) is -0.516. The van der Waals surface area contributed by atoms with E-state index in [0.29, 0.717) is 5.56 Å². The van der Waals surface area contributed by atoms with Gasteiger partial charge < -0.3 is 9.47 Å². The van der Waals surface area contributed by atoms with Gasteiger partial charge in [0.1, 0.15) is 0 Å². The van der Waals surface area contributed by atoms with Gasteiger partial charge in [-0.3, -0.25) is 14.9 Å². The van der Waals surface area contributed by atoms with E-state index >= 15 is 0 Å². The first-order valence-corrected chi connectivity index (χ1v) is 6.61. The minimum Gasteiger partial charge on any atom is -0.463 e. The summed E-state index contributed by atoms with van der Waals surface area (Å²) >= 11 is 0. The second kappa shape index (κ2) is 7.92. The van der Waals surface area contributed by atoms with Crippen molar-refractivity contribution in [2.24, 2.45) is 0 Å². The number of benzene rings is 1. The quantitative estimate of drug-likeness (QED) is 0.453. The highest BCUT2D eigenvalue weighted by Gasteiger charge is 2.36. The van der Waals surface area contributed by atoms with Crippen molar-refractivity contribution < 1.29 is 24.0 Å². The fraction of sp³-hybridized carbons (Fsp3) is 0.333. The maximum atomic E-state index is 11.8. The molecule has 1 aromatic carbocycles. The Hall–Kier alpha value is -2.70. The number of nitro groups is 1. The molecule has 0 aliphatic rings. The molecule has 1 aromatic rings. The van der Waals surface area contributed by atoms with E-state index in [9.17, 15) is 19.7 Å². The van der Waals surface area contributed by atoms with E-state index in [0.717, 1.165) is 12.5 Å². The minimum atomic E-state index is -1.70. The van der Waals surface area contributed by atoms with Crippen LogP contribution >= 0.6 is 0 Å². The Morgan fingerprint density at radius 1 is 1.32 bits per heavy atom. The topological polar surface area (TPSA) is 95.7 Å². The molecule has 0 amide bonds. The van der Waals surface area contributed by atoms with Crippen molar-refractivity contribution in [2.75, 3.05) is 6.61 Å². The molecule has 118 valence electrons. The molecule has 1 atom stereocenters. The van der Waals surface area contributed by atoms with Crippen LogP contribution in [0.5, 0.6) is 0 Å². The molecule has 0 fully saturated rings. The summed E-state index contributed by atoms with van der Waals surface area (Å²) in [6, 6.07) is 6.87. The Balaban J connectivity index is 3.22. The van der Waals surface area contributed by atoms with E-state index in [4.69, 9.17) is 9.47 Å². The molecule has 0 radical (unpaired) electrons. The average molecular weight is 307 g/mol. The first kappa shape index (κ1) is 17.4. The third kappa shape index (κ3) is 5.01. The Morgan fingerprint density at radius 3 is 2.36 bits per heavy atom. The van der Waals surface area contributed by atoms with Crippen LogP contribution < -0.4 is 0 Å². The van der Waals surface area contributed by atoms with Crippen molar-refractivity contribution >= 4 is 18.0 Å². The molecule has 7 nitrogen and oxygen atoms in total. The lowest BCUT2D eigenvalue weighted by atomic mass is 10.1. The van der Waals surface area contributed by atoms with Crippen LogP contribution in [0.3, 0.4) is 0 Å². The van der Waals surface area contributed by atoms with Gasteiger partial charge in [-0.2, -0.15) is 0 Å². The van der Waals surface area contributed by atoms with Gasteiger partial charge >= 0.3 is 11.9 Å². The largest absolute Gasteiger partial charge is 0.463 e. The molecule has 0 saturated heterocycles. The number of rotatable bonds is 6. The van der Waals surface area contributed by atoms with E-state index in [1.165, 1.54) is 6.08 Å². The zero-order valence-electron chi connectivity index (χ0n) is 12.6. The highest BCUT2D eigenvalue weighted by molar-refractivity contribution is 5.82. The van der Waals surface area contributed by atoms with Crippen LogP contribution in [0.4, 0.5) is 0 Å². The Labute approximate surface area is 127 Å². The summed E-state index contributed by atoms with van der Waals surface area (Å²) in [5.74, 6) is -1.79. The summed E-state index contributed by atoms with van der Waals surface area (Å²) in [7, 11) is 0. The van der Waals surface area contributed by atoms with Crippen LogP contribution in [-0.4, -0.2) is 29.6 Å². The summed E-state index contributed by atoms with van der Waals surface area (Å²) < 4.78 is 9.49. The predicted molar refractivity (Wildman–Crippen MR) is 78.3 cm³/mol. The summed E-state index contributed by atoms with van der Waals surface area (Å²) in [5, 5.41) is 11.2. The molecule has 0 saturated carbocycles. The van der Waals surface area contributed by atoms with Crippen molar-refractivity contribution in [3.63, 3.8) is 0 Å². The monoisotopic (exact) mass is 307 g/mol. The van der Waals surface area contributed by atoms with Crippen LogP contribution in [0.25, 0.3) is 6.08 Å². The van der Waals surface area contributed by atoms with Gasteiger partial charge in [-0.15, -0.1) is 0 Å². The van der Waals surface area contributed by atoms with E-state index < -0.39 is 28.7 Å². The van der Waals surface area contributed by atoms with Gasteiger partial charge in [0.05, 0.1) is 11.5 Å². The molecule has 0 N–H and O–H groups in total. The molecule has 7 heteroatoms. The highest BCUT2D eigenvalue weighted by atomic mass is 16.6. The van der Waals surface area contributed by atoms with Crippen LogP contribution in [0.15, 0.2) is 30.0 Å². The molecular weight excluding hydrogens is 290 g/mol. The van der Waals surface area contributed by atoms with Gasteiger partial charge in [0.2, 0.25) is 0 Å². The molecular formula is C15H17NO6. The second-order valence-corrected chi connectivity index (χ2v) is 4.48. The lowest BCUT2D eigenvalue weighted by Gasteiger charge is -2.13. The van der Waals surface area contributed by atoms with Crippen molar-refractivity contribution in [2.45, 2.75) is 26.9 Å². The predicted octanol–water partition coefficient (Wildman–Crippen LogP) is 2.11. The number of esters is 2. The zero-order chi connectivity index (χ0) is 16.7. The third-order valence-electron chi connectivity index (χ3n) is 2.66. The Bertz CT molecular complexity index is 591. The van der Waals surface area contributed by atoms with Crippen LogP contribution in [0.1, 0.15) is 25.0 Å². The van der Waals surface area contributed by atoms with E-state index in [1.807, 2.05) is 6.92 Å². The van der Waals surface area contributed by atoms with E-state index in [1.54, 1.807) is 31.2 Å². The van der Waals surface area contributed by atoms with Crippen LogP contribution in [0.2, 0.25) is 0 Å². The van der Waals surface area contributed by atoms with Gasteiger partial charge in [-0.05, 0) is 19.4 Å². The standard InChI is InChI=1S/C15H17NO6/c1-4-21-15(18)14(22-11(3)17)13(16(19)20)9-12-7-5-10(2)6-8-12/h5-9,14H,4H2,1-3H3/b13-9+. The minimum absolute atomic E-state index is 0.0200. The van der Waals surface area contributed by atoms with Gasteiger partial charge in [0.25, 0.3) is 11.8 Å². The Morgan fingerprint density at radius 2 is 1.91 bits per heavy atom. The first-order chi connectivity index (χ1) is 10.3. The molecule has 22 heavy (non-hydrogen) atoms. The van der Waals surface area contributed by atoms with Crippen molar-refractivity contribution in [3.8, 4) is 0 Å². The number of carbonyl (C=O) groups is 2. The smallest absolute Gasteiger partial charge is 0.358 e. The molecule has 0 heterocycles. The fourth-order valence-corrected chi connectivity index (χ4v) is 1.67. The molecule has 1 unspecified atom stereocenters. The number of nitrogens with zero attached hydrogens (tertiary/aromatic N) is 1. The van der Waals surface area contributed by atoms with E-state index in [-0.39, 0.29) is 6.61 Å². The van der Waals surface area contributed by atoms with Crippen LogP contribution in [0, 0.1) is 17.0 Å². The number of carbonyl (C=O) groups excluding carboxylic acids is 2. The first-order valence-electron chi connectivity index (χ1n) is 6.61. The number of hydrogen-bond acceptors (Lipinski definition) is 6. The molecule has 0 bridgehead atoms. The summed E-state index contributed by atoms with van der Waals surface area (Å²) in [6.45, 7) is 4.52. The average Bonchev–Trinajstić information content (AvgIpc) is 2.44. The molecule has 1 rings (SSSR count). The lowest BCUT2D eigenvalue weighted by Crippen LogP contribution is -2.33. The number of ether oxygens (including phenoxy) is 2. The molecule has 0 spiro atoms. The SMILES string of the molecule is CCOC(=O)C(OC(C)=O)/C(=C\c1ccc(C)cc1)[N+](=O)[O-]. The van der Waals surface area contributed by atoms with Crippen molar-refractivity contribution in [1.29, 1.82) is 0 Å². The fourth-order valence-electron chi connectivity index (χ4n) is 1.67. The van der Waals surface area contributed by atoms with Crippen molar-refractivity contribution in [1.82, 2.24) is 0 Å². The van der Waals surface area contributed by atoms with Gasteiger partial charge in [-0.25, -0.2) is 4.79 Å². The molecule has 0 aliphatic carbocycles. The van der Waals surface area contributed by atoms with Gasteiger partial charge in [0.15, 0.2) is 0 Å². The third-order valence-corrected chi connectivity index (χ3v) is 2.66. The normalized spacial score (nSPS) is 12.4. The second-order valence-electron chi connectivity index (χ2n) is 4.48. The van der Waals surface area contributed by atoms with Gasteiger partial charge in [-0.1, -0.05) is 29.8 Å². The zero-order valence-corrected chi connectivity index (χ0v) is 12.6. The van der Waals surface area contributed by atoms with Crippen LogP contribution in [-0.2, 0) is 19.1 Å². The Kier molecular flexibility index (Phi) is 6.25. The number of aryl methyl sites for hydroxylation is 1. The maximum absolute atomic E-state index is 11.8. The van der Waals surface area contributed by atoms with Crippen molar-refractivity contribution in [3.05, 3.63) is 51.2 Å². The highest BCUT2D eigenvalue weighted by Crippen LogP contribution is 2.16. The van der Waals surface area contributed by atoms with Gasteiger partial charge in [0, 0.05) is 13.0 Å². The molecule has 0 aromatic heterocycles. The maximum Gasteiger partial charge on any atom is 0.358 e. The lowest BCUT2D eigenvalue weighted by molar-refractivity contribution is -0.432. The summed E-state index contributed by atoms with van der Waals surface area (Å²) in [5.41, 5.74) is 0.943. The van der Waals surface area contributed by atoms with E-state index in [2.05, 4.69) is 0 Å². The number of hydrogen-bond donors (Lipinski definition) is 0. The summed E-state index contributed by atoms with van der Waals surface area (Å²) in [4.78, 5) is 33.4. The molecule has 0 aliphatic heterocycles.